The van der Waals surface area contributed by atoms with E-state index in [4.69, 9.17) is 28.7 Å². The number of nitrogens with one attached hydrogen (secondary N) is 1. The van der Waals surface area contributed by atoms with Gasteiger partial charge >= 0.3 is 5.97 Å². The molecule has 0 aromatic heterocycles. The maximum absolute atomic E-state index is 14.0. The maximum Gasteiger partial charge on any atom is 0.323 e. The highest BCUT2D eigenvalue weighted by atomic mass is 16.5. The van der Waals surface area contributed by atoms with E-state index in [1.807, 2.05) is 71.8 Å². The van der Waals surface area contributed by atoms with E-state index in [1.165, 1.54) is 14.2 Å². The Kier molecular flexibility index (Phi) is 10.7. The van der Waals surface area contributed by atoms with Crippen molar-refractivity contribution in [3.05, 3.63) is 124 Å². The van der Waals surface area contributed by atoms with E-state index >= 15 is 0 Å². The van der Waals surface area contributed by atoms with Crippen LogP contribution in [0.5, 0.6) is 23.0 Å². The molecule has 9 rings (SSSR count). The van der Waals surface area contributed by atoms with Crippen LogP contribution in [0, 0.1) is 0 Å². The van der Waals surface area contributed by atoms with Gasteiger partial charge in [0.25, 0.3) is 11.8 Å². The molecule has 5 aromatic rings. The van der Waals surface area contributed by atoms with Crippen LogP contribution >= 0.6 is 0 Å². The average molecular weight is 824 g/mol. The second kappa shape index (κ2) is 16.5. The van der Waals surface area contributed by atoms with Gasteiger partial charge in [0.05, 0.1) is 55.4 Å². The van der Waals surface area contributed by atoms with Crippen molar-refractivity contribution in [3.8, 4) is 23.0 Å². The second-order valence-corrected chi connectivity index (χ2v) is 15.4. The number of rotatable bonds is 14. The molecule has 14 nitrogen and oxygen atoms in total. The Morgan fingerprint density at radius 1 is 0.770 bits per heavy atom. The highest BCUT2D eigenvalue weighted by Gasteiger charge is 2.38. The van der Waals surface area contributed by atoms with Gasteiger partial charge in [-0.2, -0.15) is 0 Å². The van der Waals surface area contributed by atoms with Crippen molar-refractivity contribution in [2.75, 3.05) is 67.6 Å². The van der Waals surface area contributed by atoms with Crippen LogP contribution in [-0.2, 0) is 35.6 Å². The molecule has 5 aromatic carbocycles. The van der Waals surface area contributed by atoms with Crippen molar-refractivity contribution in [1.82, 2.24) is 0 Å². The summed E-state index contributed by atoms with van der Waals surface area (Å²) in [4.78, 5) is 50.1. The number of aliphatic carboxylic acids is 1. The third-order valence-corrected chi connectivity index (χ3v) is 11.6. The summed E-state index contributed by atoms with van der Waals surface area (Å²) in [6.45, 7) is 1.07. The van der Waals surface area contributed by atoms with Crippen LogP contribution in [0.1, 0.15) is 43.0 Å². The van der Waals surface area contributed by atoms with Crippen LogP contribution < -0.4 is 39.0 Å². The molecule has 0 unspecified atom stereocenters. The SMILES string of the molecule is COCCN(CC(=O)O)c1cc(COc2cc3c(cc2OC)C(=O)N2c4ccccc4C[C@H]2C=N3)cc(COc2cc3c(cc2OC)C(=O)N2c4ccccc4C[C@H]2CN3)c1. The summed E-state index contributed by atoms with van der Waals surface area (Å²) in [6.07, 6.45) is 3.24. The van der Waals surface area contributed by atoms with E-state index in [2.05, 4.69) is 11.4 Å². The highest BCUT2D eigenvalue weighted by Crippen LogP contribution is 2.43. The smallest absolute Gasteiger partial charge is 0.323 e. The lowest BCUT2D eigenvalue weighted by Crippen LogP contribution is -2.39. The van der Waals surface area contributed by atoms with Crippen LogP contribution in [0.2, 0.25) is 0 Å². The summed E-state index contributed by atoms with van der Waals surface area (Å²) in [7, 11) is 4.62. The van der Waals surface area contributed by atoms with Crippen molar-refractivity contribution in [3.63, 3.8) is 0 Å². The summed E-state index contributed by atoms with van der Waals surface area (Å²) in [6, 6.07) is 28.2. The number of para-hydroxylation sites is 2. The molecule has 312 valence electrons. The van der Waals surface area contributed by atoms with Crippen LogP contribution in [-0.4, -0.2) is 88.8 Å². The number of hydrogen-bond acceptors (Lipinski definition) is 11. The molecule has 0 aliphatic carbocycles. The van der Waals surface area contributed by atoms with Crippen molar-refractivity contribution < 1.29 is 43.2 Å². The van der Waals surface area contributed by atoms with E-state index in [-0.39, 0.29) is 43.7 Å². The van der Waals surface area contributed by atoms with Crippen LogP contribution in [0.4, 0.5) is 28.4 Å². The first kappa shape index (κ1) is 39.4. The molecule has 0 spiro atoms. The minimum Gasteiger partial charge on any atom is -0.493 e. The quantitative estimate of drug-likeness (QED) is 0.123. The number of carboxylic acid groups (broad SMARTS) is 1. The van der Waals surface area contributed by atoms with E-state index in [0.717, 1.165) is 40.0 Å². The van der Waals surface area contributed by atoms with E-state index in [9.17, 15) is 19.5 Å². The van der Waals surface area contributed by atoms with Gasteiger partial charge in [-0.25, -0.2) is 0 Å². The first-order valence-electron chi connectivity index (χ1n) is 20.1. The zero-order valence-corrected chi connectivity index (χ0v) is 34.1. The summed E-state index contributed by atoms with van der Waals surface area (Å²) in [5, 5.41) is 13.3. The Morgan fingerprint density at radius 2 is 1.39 bits per heavy atom. The number of carbonyl (C=O) groups excluding carboxylic acids is 2. The van der Waals surface area contributed by atoms with Gasteiger partial charge in [0.1, 0.15) is 19.8 Å². The molecule has 2 atom stereocenters. The average Bonchev–Trinajstić information content (AvgIpc) is 3.77. The number of carboxylic acids is 1. The third kappa shape index (κ3) is 7.54. The Morgan fingerprint density at radius 3 is 2.07 bits per heavy atom. The van der Waals surface area contributed by atoms with Crippen LogP contribution in [0.3, 0.4) is 0 Å². The normalized spacial score (nSPS) is 16.8. The molecule has 4 heterocycles. The monoisotopic (exact) mass is 823 g/mol. The number of fused-ring (bicyclic) bond motifs is 8. The van der Waals surface area contributed by atoms with Gasteiger partial charge in [0.2, 0.25) is 0 Å². The molecular weight excluding hydrogens is 779 g/mol. The number of aliphatic imine (C=N–C) groups is 1. The van der Waals surface area contributed by atoms with Crippen LogP contribution in [0.25, 0.3) is 0 Å². The standard InChI is InChI=1S/C47H45N5O9/c1-57-13-12-50(25-45(53)54)32-15-28(26-60-43-21-37-35(19-41(43)58-2)46(55)51-33(23-48-37)17-30-8-4-6-10-39(30)51)14-29(16-32)27-61-44-22-38-36(20-42(44)59-3)47(56)52-34(24-49-38)18-31-9-5-7-11-40(31)52/h4-11,14-16,19-23,33-34,49H,12-13,17-18,24-27H2,1-3H3,(H,53,54)/t33-,34-/m0/s1. The molecular formula is C47H45N5O9. The van der Waals surface area contributed by atoms with Gasteiger partial charge < -0.3 is 43.9 Å². The summed E-state index contributed by atoms with van der Waals surface area (Å²) in [5.74, 6) is 0.314. The molecule has 4 aliphatic heterocycles. The highest BCUT2D eigenvalue weighted by molar-refractivity contribution is 6.15. The largest absolute Gasteiger partial charge is 0.493 e. The minimum atomic E-state index is -0.995. The van der Waals surface area contributed by atoms with Crippen LogP contribution in [0.15, 0.2) is 96.0 Å². The van der Waals surface area contributed by atoms with E-state index in [1.54, 1.807) is 41.2 Å². The predicted octanol–water partition coefficient (Wildman–Crippen LogP) is 6.68. The first-order chi connectivity index (χ1) is 29.7. The molecule has 14 heteroatoms. The molecule has 0 saturated carbocycles. The number of carbonyl (C=O) groups is 3. The Bertz CT molecular complexity index is 2580. The van der Waals surface area contributed by atoms with Gasteiger partial charge in [0.15, 0.2) is 23.0 Å². The van der Waals surface area contributed by atoms with Gasteiger partial charge in [0, 0.05) is 62.0 Å². The minimum absolute atomic E-state index is 0.0280. The van der Waals surface area contributed by atoms with Gasteiger partial charge in [-0.15, -0.1) is 0 Å². The first-order valence-corrected chi connectivity index (χ1v) is 20.1. The molecule has 0 bridgehead atoms. The molecule has 2 N–H and O–H groups in total. The number of methoxy groups -OCH3 is 3. The fourth-order valence-electron chi connectivity index (χ4n) is 8.68. The number of ether oxygens (including phenoxy) is 5. The number of benzene rings is 5. The fraction of sp³-hybridized carbons (Fsp3) is 0.277. The molecule has 61 heavy (non-hydrogen) atoms. The van der Waals surface area contributed by atoms with Gasteiger partial charge in [-0.3, -0.25) is 24.3 Å². The number of hydrogen-bond donors (Lipinski definition) is 2. The third-order valence-electron chi connectivity index (χ3n) is 11.6. The Hall–Kier alpha value is -7.06. The summed E-state index contributed by atoms with van der Waals surface area (Å²) in [5.41, 5.74) is 8.12. The fourth-order valence-corrected chi connectivity index (χ4v) is 8.68. The molecule has 4 aliphatic rings. The summed E-state index contributed by atoms with van der Waals surface area (Å²) < 4.78 is 29.7. The van der Waals surface area contributed by atoms with Crippen molar-refractivity contribution in [1.29, 1.82) is 0 Å². The van der Waals surface area contributed by atoms with Crippen molar-refractivity contribution >= 4 is 52.4 Å². The predicted molar refractivity (Wildman–Crippen MR) is 231 cm³/mol. The second-order valence-electron chi connectivity index (χ2n) is 15.4. The lowest BCUT2D eigenvalue weighted by Gasteiger charge is -2.24. The molecule has 0 saturated heterocycles. The topological polar surface area (TPSA) is 152 Å². The van der Waals surface area contributed by atoms with Gasteiger partial charge in [-0.1, -0.05) is 36.4 Å². The zero-order valence-electron chi connectivity index (χ0n) is 34.1. The maximum atomic E-state index is 14.0. The molecule has 2 amide bonds. The summed E-state index contributed by atoms with van der Waals surface area (Å²) >= 11 is 0. The number of anilines is 4. The molecule has 0 radical (unpaired) electrons. The van der Waals surface area contributed by atoms with E-state index in [0.29, 0.717) is 77.3 Å². The lowest BCUT2D eigenvalue weighted by molar-refractivity contribution is -0.135. The Labute approximate surface area is 352 Å². The van der Waals surface area contributed by atoms with Gasteiger partial charge in [-0.05, 0) is 71.1 Å². The molecule has 0 fully saturated rings. The number of nitrogens with zero attached hydrogens (tertiary/aromatic N) is 4. The zero-order chi connectivity index (χ0) is 42.2. The lowest BCUT2D eigenvalue weighted by atomic mass is 10.1. The Balaban J connectivity index is 0.992. The van der Waals surface area contributed by atoms with Crippen molar-refractivity contribution in [2.45, 2.75) is 38.1 Å². The number of amides is 2. The van der Waals surface area contributed by atoms with E-state index < -0.39 is 5.97 Å². The van der Waals surface area contributed by atoms with Crippen molar-refractivity contribution in [2.24, 2.45) is 4.99 Å².